The van der Waals surface area contributed by atoms with Crippen LogP contribution in [-0.4, -0.2) is 80.7 Å². The maximum atomic E-state index is 12.7. The van der Waals surface area contributed by atoms with Gasteiger partial charge in [-0.1, -0.05) is 11.6 Å². The smallest absolute Gasteiger partial charge is 0.322 e. The largest absolute Gasteiger partial charge is 0.495 e. The standard InChI is InChI=1S/C20H25ClN6O3/c1-29-17-3-2-15(21)14-16(17)22-20(28)27-8-6-25(7-9-27)18-4-5-19(24-23-18)26-10-12-30-13-11-26/h2-5,14H,6-13H2,1H3,(H,22,28). The minimum atomic E-state index is -0.177. The van der Waals surface area contributed by atoms with Gasteiger partial charge in [0, 0.05) is 44.3 Å². The zero-order valence-corrected chi connectivity index (χ0v) is 17.6. The van der Waals surface area contributed by atoms with Crippen LogP contribution in [-0.2, 0) is 4.74 Å². The van der Waals surface area contributed by atoms with Crippen molar-refractivity contribution in [1.29, 1.82) is 0 Å². The van der Waals surface area contributed by atoms with E-state index in [1.54, 1.807) is 30.2 Å². The topological polar surface area (TPSA) is 83.1 Å². The quantitative estimate of drug-likeness (QED) is 0.793. The van der Waals surface area contributed by atoms with Gasteiger partial charge in [0.1, 0.15) is 5.75 Å². The van der Waals surface area contributed by atoms with Crippen LogP contribution in [0.3, 0.4) is 0 Å². The molecule has 3 heterocycles. The van der Waals surface area contributed by atoms with Crippen LogP contribution in [0.1, 0.15) is 0 Å². The van der Waals surface area contributed by atoms with Crippen LogP contribution in [0.4, 0.5) is 22.1 Å². The highest BCUT2D eigenvalue weighted by Gasteiger charge is 2.23. The highest BCUT2D eigenvalue weighted by molar-refractivity contribution is 6.31. The summed E-state index contributed by atoms with van der Waals surface area (Å²) in [6.07, 6.45) is 0. The second kappa shape index (κ2) is 9.36. The van der Waals surface area contributed by atoms with Crippen molar-refractivity contribution in [2.24, 2.45) is 0 Å². The van der Waals surface area contributed by atoms with Gasteiger partial charge in [-0.25, -0.2) is 4.79 Å². The van der Waals surface area contributed by atoms with Crippen molar-refractivity contribution >= 4 is 35.0 Å². The first-order chi connectivity index (χ1) is 14.6. The zero-order valence-electron chi connectivity index (χ0n) is 16.9. The lowest BCUT2D eigenvalue weighted by atomic mass is 10.3. The normalized spacial score (nSPS) is 17.1. The molecular weight excluding hydrogens is 408 g/mol. The molecule has 2 aromatic rings. The van der Waals surface area contributed by atoms with Gasteiger partial charge in [0.15, 0.2) is 11.6 Å². The predicted octanol–water partition coefficient (Wildman–Crippen LogP) is 2.33. The third kappa shape index (κ3) is 4.68. The molecule has 0 saturated carbocycles. The number of methoxy groups -OCH3 is 1. The third-order valence-corrected chi connectivity index (χ3v) is 5.50. The number of carbonyl (C=O) groups is 1. The Bertz CT molecular complexity index is 867. The van der Waals surface area contributed by atoms with Crippen molar-refractivity contribution in [1.82, 2.24) is 15.1 Å². The Hall–Kier alpha value is -2.78. The Morgan fingerprint density at radius 1 is 1.00 bits per heavy atom. The molecule has 0 unspecified atom stereocenters. The van der Waals surface area contributed by atoms with Crippen LogP contribution in [0.25, 0.3) is 0 Å². The molecule has 9 nitrogen and oxygen atoms in total. The lowest BCUT2D eigenvalue weighted by molar-refractivity contribution is 0.122. The fourth-order valence-corrected chi connectivity index (χ4v) is 3.73. The van der Waals surface area contributed by atoms with Gasteiger partial charge in [0.05, 0.1) is 26.0 Å². The first-order valence-corrected chi connectivity index (χ1v) is 10.3. The third-order valence-electron chi connectivity index (χ3n) is 5.27. The number of ether oxygens (including phenoxy) is 2. The molecule has 0 spiro atoms. The number of carbonyl (C=O) groups excluding carboxylic acids is 1. The number of nitrogens with zero attached hydrogens (tertiary/aromatic N) is 5. The molecule has 1 aromatic heterocycles. The SMILES string of the molecule is COc1ccc(Cl)cc1NC(=O)N1CCN(c2ccc(N3CCOCC3)nn2)CC1. The van der Waals surface area contributed by atoms with E-state index in [4.69, 9.17) is 21.1 Å². The molecule has 10 heteroatoms. The van der Waals surface area contributed by atoms with E-state index in [-0.39, 0.29) is 6.03 Å². The fourth-order valence-electron chi connectivity index (χ4n) is 3.56. The maximum absolute atomic E-state index is 12.7. The van der Waals surface area contributed by atoms with E-state index in [1.165, 1.54) is 0 Å². The number of nitrogens with one attached hydrogen (secondary N) is 1. The molecule has 160 valence electrons. The number of hydrogen-bond acceptors (Lipinski definition) is 7. The number of piperazine rings is 1. The number of hydrogen-bond donors (Lipinski definition) is 1. The number of amides is 2. The van der Waals surface area contributed by atoms with Gasteiger partial charge in [-0.2, -0.15) is 0 Å². The summed E-state index contributed by atoms with van der Waals surface area (Å²) in [5.41, 5.74) is 0.557. The molecule has 0 aliphatic carbocycles. The molecule has 1 aromatic carbocycles. The van der Waals surface area contributed by atoms with Gasteiger partial charge in [0.25, 0.3) is 0 Å². The number of rotatable bonds is 4. The number of benzene rings is 1. The zero-order chi connectivity index (χ0) is 20.9. The molecule has 2 saturated heterocycles. The average molecular weight is 433 g/mol. The molecule has 2 amide bonds. The molecule has 30 heavy (non-hydrogen) atoms. The summed E-state index contributed by atoms with van der Waals surface area (Å²) in [7, 11) is 1.56. The highest BCUT2D eigenvalue weighted by Crippen LogP contribution is 2.28. The first-order valence-electron chi connectivity index (χ1n) is 9.95. The summed E-state index contributed by atoms with van der Waals surface area (Å²) in [5, 5.41) is 12.2. The fraction of sp³-hybridized carbons (Fsp3) is 0.450. The van der Waals surface area contributed by atoms with Crippen molar-refractivity contribution in [2.75, 3.05) is 74.7 Å². The van der Waals surface area contributed by atoms with E-state index in [2.05, 4.69) is 25.3 Å². The number of halogens is 1. The van der Waals surface area contributed by atoms with Crippen molar-refractivity contribution < 1.29 is 14.3 Å². The van der Waals surface area contributed by atoms with E-state index in [9.17, 15) is 4.79 Å². The van der Waals surface area contributed by atoms with Crippen LogP contribution >= 0.6 is 11.6 Å². The minimum Gasteiger partial charge on any atom is -0.495 e. The number of aromatic nitrogens is 2. The summed E-state index contributed by atoms with van der Waals surface area (Å²) in [6.45, 7) is 5.64. The van der Waals surface area contributed by atoms with E-state index in [1.807, 2.05) is 12.1 Å². The van der Waals surface area contributed by atoms with Crippen molar-refractivity contribution in [3.8, 4) is 5.75 Å². The van der Waals surface area contributed by atoms with Gasteiger partial charge in [-0.15, -0.1) is 10.2 Å². The molecule has 1 N–H and O–H groups in total. The maximum Gasteiger partial charge on any atom is 0.322 e. The monoisotopic (exact) mass is 432 g/mol. The second-order valence-electron chi connectivity index (χ2n) is 7.10. The summed E-state index contributed by atoms with van der Waals surface area (Å²) in [5.74, 6) is 2.26. The Labute approximate surface area is 180 Å². The molecule has 0 radical (unpaired) electrons. The molecule has 0 atom stereocenters. The number of anilines is 3. The van der Waals surface area contributed by atoms with Gasteiger partial charge in [-0.3, -0.25) is 0 Å². The minimum absolute atomic E-state index is 0.177. The van der Waals surface area contributed by atoms with Crippen LogP contribution in [0.2, 0.25) is 5.02 Å². The summed E-state index contributed by atoms with van der Waals surface area (Å²) < 4.78 is 10.7. The Kier molecular flexibility index (Phi) is 6.39. The van der Waals surface area contributed by atoms with Crippen LogP contribution in [0.15, 0.2) is 30.3 Å². The lowest BCUT2D eigenvalue weighted by Crippen LogP contribution is -2.50. The van der Waals surface area contributed by atoms with Crippen molar-refractivity contribution in [3.63, 3.8) is 0 Å². The van der Waals surface area contributed by atoms with Crippen LogP contribution in [0.5, 0.6) is 5.75 Å². The molecule has 2 aliphatic heterocycles. The molecule has 2 fully saturated rings. The Balaban J connectivity index is 1.32. The van der Waals surface area contributed by atoms with E-state index >= 15 is 0 Å². The summed E-state index contributed by atoms with van der Waals surface area (Å²) >= 11 is 6.04. The lowest BCUT2D eigenvalue weighted by Gasteiger charge is -2.35. The highest BCUT2D eigenvalue weighted by atomic mass is 35.5. The van der Waals surface area contributed by atoms with Crippen LogP contribution < -0.4 is 19.9 Å². The van der Waals surface area contributed by atoms with E-state index in [0.29, 0.717) is 55.9 Å². The molecule has 2 aliphatic rings. The van der Waals surface area contributed by atoms with Gasteiger partial charge in [0.2, 0.25) is 0 Å². The predicted molar refractivity (Wildman–Crippen MR) is 116 cm³/mol. The van der Waals surface area contributed by atoms with Gasteiger partial charge < -0.3 is 29.5 Å². The van der Waals surface area contributed by atoms with Crippen LogP contribution in [0, 0.1) is 0 Å². The van der Waals surface area contributed by atoms with Gasteiger partial charge in [-0.05, 0) is 30.3 Å². The first kappa shape index (κ1) is 20.5. The molecular formula is C20H25ClN6O3. The number of urea groups is 1. The average Bonchev–Trinajstić information content (AvgIpc) is 2.80. The Morgan fingerprint density at radius 2 is 1.63 bits per heavy atom. The van der Waals surface area contributed by atoms with Crippen molar-refractivity contribution in [2.45, 2.75) is 0 Å². The number of morpholine rings is 1. The molecule has 0 bridgehead atoms. The summed E-state index contributed by atoms with van der Waals surface area (Å²) in [6, 6.07) is 8.95. The second-order valence-corrected chi connectivity index (χ2v) is 7.53. The van der Waals surface area contributed by atoms with E-state index in [0.717, 1.165) is 24.7 Å². The van der Waals surface area contributed by atoms with Crippen molar-refractivity contribution in [3.05, 3.63) is 35.4 Å². The summed E-state index contributed by atoms with van der Waals surface area (Å²) in [4.78, 5) is 18.7. The van der Waals surface area contributed by atoms with E-state index < -0.39 is 0 Å². The van der Waals surface area contributed by atoms with Gasteiger partial charge >= 0.3 is 6.03 Å². The molecule has 4 rings (SSSR count). The Morgan fingerprint density at radius 3 is 2.23 bits per heavy atom.